The Labute approximate surface area is 345 Å². The minimum absolute atomic E-state index is 0.574. The van der Waals surface area contributed by atoms with E-state index in [0.29, 0.717) is 5.89 Å². The number of rotatable bonds is 7. The Balaban J connectivity index is 1.02. The molecule has 0 bridgehead atoms. The summed E-state index contributed by atoms with van der Waals surface area (Å²) in [5, 5.41) is 4.25. The summed E-state index contributed by atoms with van der Waals surface area (Å²) in [6.45, 7) is 0. The summed E-state index contributed by atoms with van der Waals surface area (Å²) < 4.78 is 19.4. The van der Waals surface area contributed by atoms with E-state index in [-0.39, 0.29) is 0 Å². The Hall–Kier alpha value is -8.15. The lowest BCUT2D eigenvalue weighted by molar-refractivity contribution is 0.621. The Morgan fingerprint density at radius 3 is 1.62 bits per heavy atom. The van der Waals surface area contributed by atoms with Gasteiger partial charge in [0.1, 0.15) is 27.8 Å². The predicted octanol–water partition coefficient (Wildman–Crippen LogP) is 15.8. The maximum atomic E-state index is 6.67. The second-order valence-electron chi connectivity index (χ2n) is 15.1. The molecule has 0 saturated heterocycles. The van der Waals surface area contributed by atoms with Crippen LogP contribution in [0.1, 0.15) is 0 Å². The summed E-state index contributed by atoms with van der Waals surface area (Å²) in [5.41, 5.74) is 15.4. The van der Waals surface area contributed by atoms with Gasteiger partial charge in [0.25, 0.3) is 0 Å². The average Bonchev–Trinajstić information content (AvgIpc) is 4.03. The highest BCUT2D eigenvalue weighted by atomic mass is 16.4. The quantitative estimate of drug-likeness (QED) is 0.162. The van der Waals surface area contributed by atoms with Gasteiger partial charge in [-0.1, -0.05) is 133 Å². The molecule has 0 N–H and O–H groups in total. The van der Waals surface area contributed by atoms with Crippen molar-refractivity contribution in [3.05, 3.63) is 206 Å². The molecular weight excluding hydrogens is 737 g/mol. The molecule has 0 amide bonds. The number of benzene rings is 9. The lowest BCUT2D eigenvalue weighted by Gasteiger charge is -2.26. The van der Waals surface area contributed by atoms with Gasteiger partial charge >= 0.3 is 0 Å². The Bertz CT molecular complexity index is 3530. The first-order chi connectivity index (χ1) is 29.7. The highest BCUT2D eigenvalue weighted by Crippen LogP contribution is 2.45. The summed E-state index contributed by atoms with van der Waals surface area (Å²) in [7, 11) is 0. The number of fused-ring (bicyclic) bond motifs is 7. The van der Waals surface area contributed by atoms with Crippen LogP contribution in [0.5, 0.6) is 0 Å². The third-order valence-electron chi connectivity index (χ3n) is 11.5. The summed E-state index contributed by atoms with van der Waals surface area (Å²) in [6, 6.07) is 71.6. The van der Waals surface area contributed by atoms with Crippen LogP contribution in [0.4, 0.5) is 17.1 Å². The number of furan rings is 2. The topological polar surface area (TPSA) is 55.6 Å². The van der Waals surface area contributed by atoms with Crippen LogP contribution < -0.4 is 4.90 Å². The average molecular weight is 771 g/mol. The molecule has 5 nitrogen and oxygen atoms in total. The number of nitrogens with zero attached hydrogens (tertiary/aromatic N) is 2. The standard InChI is InChI=1S/C55H34N2O3/c1-3-13-35(14-4-1)36-25-29-40(30-26-36)57(42-18-11-17-39(33-42)43-21-12-24-49-52(43)44-19-7-9-22-47(44)58-49)41-31-27-37(28-32-41)51-53-45-20-8-10-23-48(45)59-50(53)34-46-54(51)60-55(56-46)38-15-5-2-6-16-38/h1-34H. The number of para-hydroxylation sites is 2. The summed E-state index contributed by atoms with van der Waals surface area (Å²) >= 11 is 0. The molecule has 5 heteroatoms. The molecule has 0 aliphatic rings. The van der Waals surface area contributed by atoms with Gasteiger partial charge in [0.05, 0.1) is 0 Å². The zero-order valence-electron chi connectivity index (χ0n) is 32.2. The van der Waals surface area contributed by atoms with Crippen molar-refractivity contribution < 1.29 is 13.3 Å². The van der Waals surface area contributed by atoms with Crippen molar-refractivity contribution in [2.24, 2.45) is 0 Å². The van der Waals surface area contributed by atoms with Gasteiger partial charge in [-0.2, -0.15) is 0 Å². The van der Waals surface area contributed by atoms with Crippen LogP contribution in [0.2, 0.25) is 0 Å². The molecule has 0 saturated carbocycles. The second-order valence-corrected chi connectivity index (χ2v) is 15.1. The third kappa shape index (κ3) is 5.59. The first-order valence-corrected chi connectivity index (χ1v) is 20.1. The van der Waals surface area contributed by atoms with Crippen molar-refractivity contribution in [1.82, 2.24) is 4.98 Å². The van der Waals surface area contributed by atoms with E-state index in [1.54, 1.807) is 0 Å². The maximum Gasteiger partial charge on any atom is 0.227 e. The van der Waals surface area contributed by atoms with E-state index in [1.165, 1.54) is 5.56 Å². The van der Waals surface area contributed by atoms with E-state index in [0.717, 1.165) is 105 Å². The fourth-order valence-electron chi connectivity index (χ4n) is 8.74. The zero-order chi connectivity index (χ0) is 39.6. The van der Waals surface area contributed by atoms with E-state index < -0.39 is 0 Å². The molecule has 0 fully saturated rings. The minimum Gasteiger partial charge on any atom is -0.456 e. The van der Waals surface area contributed by atoms with Gasteiger partial charge in [-0.3, -0.25) is 0 Å². The van der Waals surface area contributed by atoms with Gasteiger partial charge in [0.2, 0.25) is 5.89 Å². The van der Waals surface area contributed by atoms with Gasteiger partial charge in [0.15, 0.2) is 5.58 Å². The van der Waals surface area contributed by atoms with Crippen LogP contribution in [0.15, 0.2) is 220 Å². The third-order valence-corrected chi connectivity index (χ3v) is 11.5. The first-order valence-electron chi connectivity index (χ1n) is 20.1. The Morgan fingerprint density at radius 2 is 0.900 bits per heavy atom. The Morgan fingerprint density at radius 1 is 0.350 bits per heavy atom. The molecule has 0 spiro atoms. The SMILES string of the molecule is c1ccc(-c2ccc(N(c3ccc(-c4c5oc(-c6ccccc6)nc5cc5oc6ccccc6c45)cc3)c3cccc(-c4cccc5oc6ccccc6c45)c3)cc2)cc1. The molecule has 3 heterocycles. The van der Waals surface area contributed by atoms with Crippen LogP contribution >= 0.6 is 0 Å². The molecule has 0 aliphatic carbocycles. The number of oxazole rings is 1. The molecule has 0 aliphatic heterocycles. The summed E-state index contributed by atoms with van der Waals surface area (Å²) in [6.07, 6.45) is 0. The van der Waals surface area contributed by atoms with Crippen LogP contribution in [0.25, 0.3) is 99.8 Å². The summed E-state index contributed by atoms with van der Waals surface area (Å²) in [5.74, 6) is 0.574. The van der Waals surface area contributed by atoms with E-state index in [4.69, 9.17) is 18.2 Å². The molecule has 282 valence electrons. The largest absolute Gasteiger partial charge is 0.456 e. The normalized spacial score (nSPS) is 11.7. The maximum absolute atomic E-state index is 6.67. The predicted molar refractivity (Wildman–Crippen MR) is 245 cm³/mol. The van der Waals surface area contributed by atoms with Crippen molar-refractivity contribution in [1.29, 1.82) is 0 Å². The van der Waals surface area contributed by atoms with E-state index >= 15 is 0 Å². The fraction of sp³-hybridized carbons (Fsp3) is 0. The highest BCUT2D eigenvalue weighted by molar-refractivity contribution is 6.19. The van der Waals surface area contributed by atoms with E-state index in [9.17, 15) is 0 Å². The molecule has 9 aromatic carbocycles. The molecule has 12 aromatic rings. The van der Waals surface area contributed by atoms with Crippen molar-refractivity contribution in [3.8, 4) is 44.8 Å². The van der Waals surface area contributed by atoms with E-state index in [2.05, 4.69) is 138 Å². The fourth-order valence-corrected chi connectivity index (χ4v) is 8.74. The number of hydrogen-bond donors (Lipinski definition) is 0. The zero-order valence-corrected chi connectivity index (χ0v) is 32.2. The summed E-state index contributed by atoms with van der Waals surface area (Å²) in [4.78, 5) is 7.29. The number of aromatic nitrogens is 1. The molecular formula is C55H34N2O3. The lowest BCUT2D eigenvalue weighted by Crippen LogP contribution is -2.10. The van der Waals surface area contributed by atoms with Gasteiger partial charge in [-0.05, 0) is 94.5 Å². The number of hydrogen-bond acceptors (Lipinski definition) is 5. The van der Waals surface area contributed by atoms with Crippen LogP contribution in [0, 0.1) is 0 Å². The molecule has 0 radical (unpaired) electrons. The Kier molecular flexibility index (Phi) is 7.78. The smallest absolute Gasteiger partial charge is 0.227 e. The van der Waals surface area contributed by atoms with Crippen molar-refractivity contribution in [3.63, 3.8) is 0 Å². The molecule has 0 unspecified atom stereocenters. The van der Waals surface area contributed by atoms with Crippen LogP contribution in [-0.4, -0.2) is 4.98 Å². The van der Waals surface area contributed by atoms with Crippen molar-refractivity contribution >= 4 is 72.0 Å². The van der Waals surface area contributed by atoms with Gasteiger partial charge < -0.3 is 18.2 Å². The van der Waals surface area contributed by atoms with Gasteiger partial charge in [0, 0.05) is 55.8 Å². The molecule has 60 heavy (non-hydrogen) atoms. The molecule has 3 aromatic heterocycles. The van der Waals surface area contributed by atoms with Gasteiger partial charge in [-0.25, -0.2) is 4.98 Å². The lowest BCUT2D eigenvalue weighted by atomic mass is 9.97. The first kappa shape index (κ1) is 33.9. The second kappa shape index (κ2) is 13.8. The monoisotopic (exact) mass is 770 g/mol. The van der Waals surface area contributed by atoms with Crippen LogP contribution in [0.3, 0.4) is 0 Å². The molecule has 0 atom stereocenters. The van der Waals surface area contributed by atoms with Crippen LogP contribution in [-0.2, 0) is 0 Å². The molecule has 12 rings (SSSR count). The van der Waals surface area contributed by atoms with E-state index in [1.807, 2.05) is 72.8 Å². The highest BCUT2D eigenvalue weighted by Gasteiger charge is 2.23. The van der Waals surface area contributed by atoms with Gasteiger partial charge in [-0.15, -0.1) is 0 Å². The van der Waals surface area contributed by atoms with Crippen molar-refractivity contribution in [2.75, 3.05) is 4.90 Å². The minimum atomic E-state index is 0.574. The van der Waals surface area contributed by atoms with Crippen molar-refractivity contribution in [2.45, 2.75) is 0 Å². The number of anilines is 3.